The van der Waals surface area contributed by atoms with Gasteiger partial charge in [0.05, 0.1) is 24.7 Å². The van der Waals surface area contributed by atoms with Gasteiger partial charge in [-0.1, -0.05) is 20.8 Å². The zero-order valence-electron chi connectivity index (χ0n) is 17.7. The Morgan fingerprint density at radius 1 is 1.30 bits per heavy atom. The maximum absolute atomic E-state index is 12.0. The highest BCUT2D eigenvalue weighted by molar-refractivity contribution is 5.72. The number of aliphatic hydroxyl groups excluding tert-OH is 1. The van der Waals surface area contributed by atoms with E-state index in [4.69, 9.17) is 9.47 Å². The van der Waals surface area contributed by atoms with Crippen molar-refractivity contribution in [1.29, 1.82) is 0 Å². The van der Waals surface area contributed by atoms with Crippen LogP contribution in [0.4, 0.5) is 0 Å². The van der Waals surface area contributed by atoms with Crippen molar-refractivity contribution in [3.63, 3.8) is 0 Å². The van der Waals surface area contributed by atoms with Crippen molar-refractivity contribution in [2.75, 3.05) is 32.8 Å². The van der Waals surface area contributed by atoms with E-state index in [0.29, 0.717) is 44.2 Å². The molecule has 0 amide bonds. The van der Waals surface area contributed by atoms with Gasteiger partial charge in [0.2, 0.25) is 0 Å². The summed E-state index contributed by atoms with van der Waals surface area (Å²) in [7, 11) is 0. The van der Waals surface area contributed by atoms with E-state index in [9.17, 15) is 9.90 Å². The first kappa shape index (κ1) is 21.1. The van der Waals surface area contributed by atoms with Gasteiger partial charge >= 0.3 is 5.97 Å². The van der Waals surface area contributed by atoms with Crippen molar-refractivity contribution in [2.24, 2.45) is 22.7 Å². The molecule has 2 bridgehead atoms. The van der Waals surface area contributed by atoms with Gasteiger partial charge in [-0.25, -0.2) is 0 Å². The Balaban J connectivity index is 1.39. The Kier molecular flexibility index (Phi) is 6.54. The summed E-state index contributed by atoms with van der Waals surface area (Å²) in [4.78, 5) is 14.2. The minimum absolute atomic E-state index is 0.0432. The summed E-state index contributed by atoms with van der Waals surface area (Å²) in [6.07, 6.45) is 6.26. The number of carbonyl (C=O) groups excluding carboxylic acids is 1. The Hall–Kier alpha value is -0.650. The Morgan fingerprint density at radius 3 is 2.70 bits per heavy atom. The van der Waals surface area contributed by atoms with E-state index in [2.05, 4.69) is 25.7 Å². The third-order valence-corrected chi connectivity index (χ3v) is 8.08. The van der Waals surface area contributed by atoms with Crippen LogP contribution in [0.15, 0.2) is 0 Å². The molecule has 1 aliphatic heterocycles. The van der Waals surface area contributed by atoms with Crippen molar-refractivity contribution in [1.82, 2.24) is 4.90 Å². The van der Waals surface area contributed by atoms with Gasteiger partial charge in [-0.05, 0) is 68.7 Å². The van der Waals surface area contributed by atoms with Crippen molar-refractivity contribution in [2.45, 2.75) is 78.4 Å². The maximum atomic E-state index is 12.0. The maximum Gasteiger partial charge on any atom is 0.310 e. The normalized spacial score (nSPS) is 36.7. The van der Waals surface area contributed by atoms with E-state index in [0.717, 1.165) is 25.3 Å². The van der Waals surface area contributed by atoms with Gasteiger partial charge in [0, 0.05) is 19.7 Å². The molecule has 0 radical (unpaired) electrons. The van der Waals surface area contributed by atoms with Crippen molar-refractivity contribution in [3.05, 3.63) is 0 Å². The van der Waals surface area contributed by atoms with Crippen LogP contribution in [-0.4, -0.2) is 61.0 Å². The summed E-state index contributed by atoms with van der Waals surface area (Å²) in [6.45, 7) is 12.4. The number of hydrogen-bond acceptors (Lipinski definition) is 5. The van der Waals surface area contributed by atoms with Crippen LogP contribution < -0.4 is 0 Å². The second-order valence-corrected chi connectivity index (χ2v) is 9.76. The van der Waals surface area contributed by atoms with Gasteiger partial charge in [0.1, 0.15) is 0 Å². The van der Waals surface area contributed by atoms with Gasteiger partial charge < -0.3 is 14.6 Å². The number of β-amino-alcohol motifs (C(OH)–C–C–N with tert-alkyl or cyclic N) is 1. The predicted octanol–water partition coefficient (Wildman–Crippen LogP) is 3.24. The van der Waals surface area contributed by atoms with Crippen LogP contribution in [0.5, 0.6) is 0 Å². The third kappa shape index (κ3) is 4.20. The monoisotopic (exact) mass is 381 g/mol. The fourth-order valence-electron chi connectivity index (χ4n) is 5.79. The van der Waals surface area contributed by atoms with E-state index in [1.165, 1.54) is 19.3 Å². The van der Waals surface area contributed by atoms with Crippen molar-refractivity contribution >= 4 is 5.97 Å². The summed E-state index contributed by atoms with van der Waals surface area (Å²) in [5.41, 5.74) is 0.647. The van der Waals surface area contributed by atoms with Crippen LogP contribution in [-0.2, 0) is 14.3 Å². The van der Waals surface area contributed by atoms with E-state index < -0.39 is 6.10 Å². The molecule has 2 aliphatic carbocycles. The molecule has 3 rings (SSSR count). The lowest BCUT2D eigenvalue weighted by atomic mass is 9.70. The summed E-state index contributed by atoms with van der Waals surface area (Å²) >= 11 is 0. The highest BCUT2D eigenvalue weighted by atomic mass is 16.5. The molecular formula is C22H39NO4. The molecule has 1 saturated heterocycles. The number of ether oxygens (including phenoxy) is 2. The van der Waals surface area contributed by atoms with Gasteiger partial charge in [0.15, 0.2) is 0 Å². The van der Waals surface area contributed by atoms with Gasteiger partial charge in [-0.2, -0.15) is 0 Å². The molecule has 5 nitrogen and oxygen atoms in total. The molecular weight excluding hydrogens is 342 g/mol. The Morgan fingerprint density at radius 2 is 2.07 bits per heavy atom. The number of piperidine rings is 1. The molecule has 0 aromatic heterocycles. The second-order valence-electron chi connectivity index (χ2n) is 9.76. The number of aliphatic hydroxyl groups is 1. The van der Waals surface area contributed by atoms with Crippen LogP contribution in [0.2, 0.25) is 0 Å². The predicted molar refractivity (Wildman–Crippen MR) is 105 cm³/mol. The molecule has 2 saturated carbocycles. The van der Waals surface area contributed by atoms with Crippen molar-refractivity contribution in [3.8, 4) is 0 Å². The first-order valence-electron chi connectivity index (χ1n) is 11.0. The Labute approximate surface area is 164 Å². The second kappa shape index (κ2) is 8.38. The van der Waals surface area contributed by atoms with Crippen LogP contribution in [0.1, 0.15) is 66.2 Å². The van der Waals surface area contributed by atoms with E-state index in [1.54, 1.807) is 0 Å². The molecule has 3 fully saturated rings. The molecule has 5 heteroatoms. The fourth-order valence-corrected chi connectivity index (χ4v) is 5.79. The standard InChI is InChI=1S/C22H39NO4/c1-5-26-20(25)16-7-6-11-23(14-16)15-18(24)9-12-27-19-13-17-8-10-22(19,4)21(17,2)3/h16-19,24H,5-15H2,1-4H3/t16-,17-,18-,19-,22-/m1/s1. The molecule has 0 aromatic rings. The highest BCUT2D eigenvalue weighted by Crippen LogP contribution is 2.66. The lowest BCUT2D eigenvalue weighted by Gasteiger charge is -2.39. The third-order valence-electron chi connectivity index (χ3n) is 8.08. The zero-order chi connectivity index (χ0) is 19.7. The molecule has 5 atom stereocenters. The minimum Gasteiger partial charge on any atom is -0.466 e. The van der Waals surface area contributed by atoms with Crippen LogP contribution in [0, 0.1) is 22.7 Å². The number of likely N-dealkylation sites (tertiary alicyclic amines) is 1. The summed E-state index contributed by atoms with van der Waals surface area (Å²) in [5.74, 6) is 0.649. The number of fused-ring (bicyclic) bond motifs is 2. The minimum atomic E-state index is -0.398. The smallest absolute Gasteiger partial charge is 0.310 e. The zero-order valence-corrected chi connectivity index (χ0v) is 17.7. The van der Waals surface area contributed by atoms with Gasteiger partial charge in [0.25, 0.3) is 0 Å². The van der Waals surface area contributed by atoms with Crippen molar-refractivity contribution < 1.29 is 19.4 Å². The quantitative estimate of drug-likeness (QED) is 0.654. The number of carbonyl (C=O) groups is 1. The SMILES string of the molecule is CCOC(=O)[C@@H]1CCCN(C[C@H](O)CCO[C@@H]2C[C@H]3CC[C@@]2(C)C3(C)C)C1. The van der Waals surface area contributed by atoms with E-state index in [1.807, 2.05) is 6.92 Å². The number of hydrogen-bond donors (Lipinski definition) is 1. The van der Waals surface area contributed by atoms with E-state index in [-0.39, 0.29) is 17.3 Å². The summed E-state index contributed by atoms with van der Waals surface area (Å²) < 4.78 is 11.4. The molecule has 0 unspecified atom stereocenters. The first-order chi connectivity index (χ1) is 12.8. The molecule has 0 spiro atoms. The molecule has 3 aliphatic rings. The first-order valence-corrected chi connectivity index (χ1v) is 11.0. The Bertz CT molecular complexity index is 522. The highest BCUT2D eigenvalue weighted by Gasteiger charge is 2.61. The summed E-state index contributed by atoms with van der Waals surface area (Å²) in [6, 6.07) is 0. The average molecular weight is 382 g/mol. The largest absolute Gasteiger partial charge is 0.466 e. The van der Waals surface area contributed by atoms with Gasteiger partial charge in [-0.15, -0.1) is 0 Å². The number of nitrogens with zero attached hydrogens (tertiary/aromatic N) is 1. The topological polar surface area (TPSA) is 59.0 Å². The lowest BCUT2D eigenvalue weighted by Crippen LogP contribution is -2.43. The summed E-state index contributed by atoms with van der Waals surface area (Å²) in [5, 5.41) is 10.5. The van der Waals surface area contributed by atoms with E-state index >= 15 is 0 Å². The molecule has 156 valence electrons. The van der Waals surface area contributed by atoms with Crippen LogP contribution in [0.3, 0.4) is 0 Å². The lowest BCUT2D eigenvalue weighted by molar-refractivity contribution is -0.150. The van der Waals surface area contributed by atoms with Crippen LogP contribution >= 0.6 is 0 Å². The fraction of sp³-hybridized carbons (Fsp3) is 0.955. The molecule has 1 N–H and O–H groups in total. The average Bonchev–Trinajstić information content (AvgIpc) is 2.95. The number of rotatable bonds is 8. The molecule has 0 aromatic carbocycles. The molecule has 1 heterocycles. The number of esters is 1. The van der Waals surface area contributed by atoms with Crippen LogP contribution in [0.25, 0.3) is 0 Å². The van der Waals surface area contributed by atoms with Gasteiger partial charge in [-0.3, -0.25) is 9.69 Å². The molecule has 27 heavy (non-hydrogen) atoms.